The summed E-state index contributed by atoms with van der Waals surface area (Å²) in [5.41, 5.74) is 1.80. The van der Waals surface area contributed by atoms with Crippen LogP contribution in [0.2, 0.25) is 0 Å². The SMILES string of the molecule is CCOC(=O)c1c(NC(=O)C2CC2)sc2c1CC[C@@](C#N)(c1ccccc1)C2. The smallest absolute Gasteiger partial charge is 0.341 e. The number of rotatable bonds is 5. The molecular weight excluding hydrogens is 372 g/mol. The number of carbonyl (C=O) groups is 2. The van der Waals surface area contributed by atoms with E-state index in [4.69, 9.17) is 4.74 Å². The van der Waals surface area contributed by atoms with Gasteiger partial charge in [-0.1, -0.05) is 30.3 Å². The fourth-order valence-corrected chi connectivity index (χ4v) is 5.20. The van der Waals surface area contributed by atoms with Crippen molar-refractivity contribution in [3.63, 3.8) is 0 Å². The van der Waals surface area contributed by atoms with Crippen molar-refractivity contribution in [1.29, 1.82) is 5.26 Å². The van der Waals surface area contributed by atoms with E-state index in [2.05, 4.69) is 11.4 Å². The zero-order valence-corrected chi connectivity index (χ0v) is 16.6. The molecule has 1 fully saturated rings. The van der Waals surface area contributed by atoms with Gasteiger partial charge in [0.15, 0.2) is 0 Å². The lowest BCUT2D eigenvalue weighted by Crippen LogP contribution is -2.31. The van der Waals surface area contributed by atoms with Gasteiger partial charge in [-0.15, -0.1) is 11.3 Å². The van der Waals surface area contributed by atoms with Gasteiger partial charge in [-0.05, 0) is 43.7 Å². The molecule has 4 rings (SSSR count). The standard InChI is InChI=1S/C22H22N2O3S/c1-2-27-21(26)18-16-10-11-22(13-23,15-6-4-3-5-7-15)12-17(16)28-20(18)24-19(25)14-8-9-14/h3-7,14H,2,8-12H2,1H3,(H,24,25)/t22-/m1/s1. The zero-order valence-electron chi connectivity index (χ0n) is 15.8. The Morgan fingerprint density at radius 1 is 1.32 bits per heavy atom. The van der Waals surface area contributed by atoms with E-state index in [9.17, 15) is 14.9 Å². The summed E-state index contributed by atoms with van der Waals surface area (Å²) >= 11 is 1.42. The molecule has 1 N–H and O–H groups in total. The first-order valence-corrected chi connectivity index (χ1v) is 10.5. The van der Waals surface area contributed by atoms with Crippen molar-refractivity contribution in [2.24, 2.45) is 5.92 Å². The van der Waals surface area contributed by atoms with Crippen LogP contribution in [0.25, 0.3) is 0 Å². The van der Waals surface area contributed by atoms with Gasteiger partial charge in [0.25, 0.3) is 0 Å². The van der Waals surface area contributed by atoms with E-state index in [-0.39, 0.29) is 18.4 Å². The first-order valence-electron chi connectivity index (χ1n) is 9.67. The minimum absolute atomic E-state index is 0.0289. The number of hydrogen-bond donors (Lipinski definition) is 1. The quantitative estimate of drug-likeness (QED) is 0.770. The van der Waals surface area contributed by atoms with Crippen molar-refractivity contribution in [1.82, 2.24) is 0 Å². The Morgan fingerprint density at radius 3 is 2.71 bits per heavy atom. The van der Waals surface area contributed by atoms with Crippen molar-refractivity contribution < 1.29 is 14.3 Å². The second-order valence-corrected chi connectivity index (χ2v) is 8.53. The van der Waals surface area contributed by atoms with Crippen molar-refractivity contribution in [2.75, 3.05) is 11.9 Å². The highest BCUT2D eigenvalue weighted by atomic mass is 32.1. The van der Waals surface area contributed by atoms with Crippen LogP contribution in [-0.4, -0.2) is 18.5 Å². The van der Waals surface area contributed by atoms with Gasteiger partial charge in [-0.3, -0.25) is 4.79 Å². The molecule has 2 aliphatic carbocycles. The highest BCUT2D eigenvalue weighted by molar-refractivity contribution is 7.17. The summed E-state index contributed by atoms with van der Waals surface area (Å²) in [6.45, 7) is 2.06. The number of hydrogen-bond acceptors (Lipinski definition) is 5. The Balaban J connectivity index is 1.72. The highest BCUT2D eigenvalue weighted by Gasteiger charge is 2.41. The minimum Gasteiger partial charge on any atom is -0.462 e. The Labute approximate surface area is 168 Å². The van der Waals surface area contributed by atoms with E-state index in [1.807, 2.05) is 30.3 Å². The molecule has 0 bridgehead atoms. The molecular formula is C22H22N2O3S. The average molecular weight is 394 g/mol. The van der Waals surface area contributed by atoms with Crippen LogP contribution in [-0.2, 0) is 27.8 Å². The van der Waals surface area contributed by atoms with E-state index in [0.29, 0.717) is 29.8 Å². The van der Waals surface area contributed by atoms with E-state index >= 15 is 0 Å². The molecule has 1 aromatic carbocycles. The van der Waals surface area contributed by atoms with Crippen LogP contribution in [0.4, 0.5) is 5.00 Å². The normalized spacial score (nSPS) is 20.7. The van der Waals surface area contributed by atoms with Crippen LogP contribution in [0.5, 0.6) is 0 Å². The van der Waals surface area contributed by atoms with E-state index < -0.39 is 11.4 Å². The number of nitrogens with zero attached hydrogens (tertiary/aromatic N) is 1. The van der Waals surface area contributed by atoms with E-state index in [1.54, 1.807) is 6.92 Å². The third-order valence-corrected chi connectivity index (χ3v) is 6.71. The molecule has 28 heavy (non-hydrogen) atoms. The van der Waals surface area contributed by atoms with Crippen LogP contribution in [0, 0.1) is 17.2 Å². The lowest BCUT2D eigenvalue weighted by molar-refractivity contribution is -0.117. The lowest BCUT2D eigenvalue weighted by Gasteiger charge is -2.31. The predicted octanol–water partition coefficient (Wildman–Crippen LogP) is 4.22. The van der Waals surface area contributed by atoms with E-state index in [0.717, 1.165) is 28.8 Å². The number of fused-ring (bicyclic) bond motifs is 1. The topological polar surface area (TPSA) is 79.2 Å². The second-order valence-electron chi connectivity index (χ2n) is 7.43. The number of ether oxygens (including phenoxy) is 1. The van der Waals surface area contributed by atoms with E-state index in [1.165, 1.54) is 11.3 Å². The molecule has 0 saturated heterocycles. The summed E-state index contributed by atoms with van der Waals surface area (Å²) in [7, 11) is 0. The number of anilines is 1. The maximum Gasteiger partial charge on any atom is 0.341 e. The number of nitriles is 1. The molecule has 0 spiro atoms. The lowest BCUT2D eigenvalue weighted by atomic mass is 9.70. The summed E-state index contributed by atoms with van der Waals surface area (Å²) in [4.78, 5) is 25.9. The molecule has 0 radical (unpaired) electrons. The Bertz CT molecular complexity index is 956. The van der Waals surface area contributed by atoms with Crippen LogP contribution in [0.1, 0.15) is 52.5 Å². The van der Waals surface area contributed by atoms with Gasteiger partial charge in [-0.25, -0.2) is 4.79 Å². The molecule has 0 aliphatic heterocycles. The third-order valence-electron chi connectivity index (χ3n) is 5.56. The van der Waals surface area contributed by atoms with Gasteiger partial charge >= 0.3 is 5.97 Å². The minimum atomic E-state index is -0.608. The number of thiophene rings is 1. The van der Waals surface area contributed by atoms with Crippen LogP contribution < -0.4 is 5.32 Å². The molecule has 1 atom stereocenters. The van der Waals surface area contributed by atoms with Crippen molar-refractivity contribution in [3.8, 4) is 6.07 Å². The summed E-state index contributed by atoms with van der Waals surface area (Å²) < 4.78 is 5.27. The zero-order chi connectivity index (χ0) is 19.7. The fraction of sp³-hybridized carbons (Fsp3) is 0.409. The third kappa shape index (κ3) is 3.31. The summed E-state index contributed by atoms with van der Waals surface area (Å²) in [5.74, 6) is -0.370. The first-order chi connectivity index (χ1) is 13.6. The van der Waals surface area contributed by atoms with Crippen LogP contribution >= 0.6 is 11.3 Å². The van der Waals surface area contributed by atoms with Gasteiger partial charge in [0.05, 0.1) is 23.7 Å². The van der Waals surface area contributed by atoms with Gasteiger partial charge < -0.3 is 10.1 Å². The van der Waals surface area contributed by atoms with Crippen molar-refractivity contribution in [3.05, 3.63) is 51.9 Å². The van der Waals surface area contributed by atoms with Crippen LogP contribution in [0.3, 0.4) is 0 Å². The van der Waals surface area contributed by atoms with Gasteiger partial charge in [-0.2, -0.15) is 5.26 Å². The van der Waals surface area contributed by atoms with Crippen molar-refractivity contribution >= 4 is 28.2 Å². The highest BCUT2D eigenvalue weighted by Crippen LogP contribution is 2.46. The molecule has 2 aromatic rings. The number of carbonyl (C=O) groups excluding carboxylic acids is 2. The molecule has 144 valence electrons. The molecule has 1 aromatic heterocycles. The number of esters is 1. The van der Waals surface area contributed by atoms with Crippen molar-refractivity contribution in [2.45, 2.75) is 44.4 Å². The number of amides is 1. The first kappa shape index (κ1) is 18.7. The average Bonchev–Trinajstić information content (AvgIpc) is 3.50. The summed E-state index contributed by atoms with van der Waals surface area (Å²) in [6.07, 6.45) is 3.59. The molecule has 2 aliphatic rings. The molecule has 6 heteroatoms. The maximum atomic E-state index is 12.6. The Kier molecular flexibility index (Phi) is 4.94. The largest absolute Gasteiger partial charge is 0.462 e. The second kappa shape index (κ2) is 7.40. The van der Waals surface area contributed by atoms with Gasteiger partial charge in [0.2, 0.25) is 5.91 Å². The number of benzene rings is 1. The number of nitrogens with one attached hydrogen (secondary N) is 1. The summed E-state index contributed by atoms with van der Waals surface area (Å²) in [6, 6.07) is 12.3. The predicted molar refractivity (Wildman–Crippen MR) is 107 cm³/mol. The monoisotopic (exact) mass is 394 g/mol. The Morgan fingerprint density at radius 2 is 2.07 bits per heavy atom. The molecule has 1 saturated carbocycles. The molecule has 0 unspecified atom stereocenters. The molecule has 5 nitrogen and oxygen atoms in total. The maximum absolute atomic E-state index is 12.6. The van der Waals surface area contributed by atoms with Gasteiger partial charge in [0.1, 0.15) is 5.00 Å². The fourth-order valence-electron chi connectivity index (χ4n) is 3.85. The molecule has 1 heterocycles. The van der Waals surface area contributed by atoms with Gasteiger partial charge in [0, 0.05) is 17.2 Å². The summed E-state index contributed by atoms with van der Waals surface area (Å²) in [5, 5.41) is 13.5. The molecule has 1 amide bonds. The Hall–Kier alpha value is -2.65. The van der Waals surface area contributed by atoms with Crippen LogP contribution in [0.15, 0.2) is 30.3 Å².